The van der Waals surface area contributed by atoms with E-state index in [4.69, 9.17) is 37.9 Å². The van der Waals surface area contributed by atoms with E-state index in [1.807, 2.05) is 0 Å². The van der Waals surface area contributed by atoms with Crippen molar-refractivity contribution in [2.75, 3.05) is 26.4 Å². The first-order valence-electron chi connectivity index (χ1n) is 15.5. The Morgan fingerprint density at radius 1 is 0.653 bits per heavy atom. The largest absolute Gasteiger partial charge is 0.494 e. The lowest BCUT2D eigenvalue weighted by Gasteiger charge is -2.17. The minimum atomic E-state index is -0.726. The molecule has 0 aliphatic carbocycles. The molecular weight excluding hydrogens is 640 g/mol. The van der Waals surface area contributed by atoms with Gasteiger partial charge in [-0.3, -0.25) is 4.79 Å². The molecule has 2 unspecified atom stereocenters. The van der Waals surface area contributed by atoms with Crippen molar-refractivity contribution >= 4 is 29.8 Å². The molecular formula is C36H34O13. The molecule has 0 amide bonds. The van der Waals surface area contributed by atoms with Crippen LogP contribution in [0.15, 0.2) is 85.5 Å². The monoisotopic (exact) mass is 674 g/mol. The standard InChI is InChI=1S/C36H34O13/c1-3-31(38)43-19-5-4-18-42-26-12-6-23(7-13-26)34(39)47-28-16-10-25(11-17-28)36(41)49-30-21-45-32-29(20-44-33(30)32)48-35(40)24-8-14-27(15-9-24)46-22(2)37/h3,6-17,29-30,32-33H,1,4-5,18-21H2,2H3/t29-,30-,32?,33?/m0/s1. The molecule has 3 aromatic rings. The van der Waals surface area contributed by atoms with Crippen LogP contribution in [0, 0.1) is 0 Å². The van der Waals surface area contributed by atoms with Gasteiger partial charge in [0.1, 0.15) is 29.5 Å². The van der Waals surface area contributed by atoms with Crippen LogP contribution in [0.1, 0.15) is 50.8 Å². The summed E-state index contributed by atoms with van der Waals surface area (Å²) >= 11 is 0. The van der Waals surface area contributed by atoms with E-state index in [0.717, 1.165) is 6.08 Å². The zero-order valence-electron chi connectivity index (χ0n) is 26.6. The van der Waals surface area contributed by atoms with Gasteiger partial charge in [-0.1, -0.05) is 6.58 Å². The molecule has 0 spiro atoms. The van der Waals surface area contributed by atoms with Gasteiger partial charge in [0, 0.05) is 13.0 Å². The Balaban J connectivity index is 1.04. The highest BCUT2D eigenvalue weighted by Crippen LogP contribution is 2.32. The van der Waals surface area contributed by atoms with Crippen molar-refractivity contribution in [1.29, 1.82) is 0 Å². The van der Waals surface area contributed by atoms with Crippen LogP contribution < -0.4 is 14.2 Å². The van der Waals surface area contributed by atoms with E-state index in [1.54, 1.807) is 24.3 Å². The van der Waals surface area contributed by atoms with E-state index in [1.165, 1.54) is 55.5 Å². The number of hydrogen-bond donors (Lipinski definition) is 0. The van der Waals surface area contributed by atoms with E-state index in [0.29, 0.717) is 36.5 Å². The van der Waals surface area contributed by atoms with Gasteiger partial charge in [-0.15, -0.1) is 0 Å². The Labute approximate surface area is 281 Å². The number of rotatable bonds is 14. The summed E-state index contributed by atoms with van der Waals surface area (Å²) in [6.45, 7) is 5.44. The van der Waals surface area contributed by atoms with Gasteiger partial charge in [0.15, 0.2) is 12.2 Å². The third kappa shape index (κ3) is 9.52. The predicted octanol–water partition coefficient (Wildman–Crippen LogP) is 4.27. The van der Waals surface area contributed by atoms with Crippen LogP contribution in [0.4, 0.5) is 0 Å². The van der Waals surface area contributed by atoms with Crippen molar-refractivity contribution in [2.24, 2.45) is 0 Å². The van der Waals surface area contributed by atoms with E-state index in [9.17, 15) is 24.0 Å². The number of carbonyl (C=O) groups excluding carboxylic acids is 5. The molecule has 49 heavy (non-hydrogen) atoms. The van der Waals surface area contributed by atoms with Crippen molar-refractivity contribution in [3.8, 4) is 17.2 Å². The Hall–Kier alpha value is -5.53. The van der Waals surface area contributed by atoms with Gasteiger partial charge in [0.2, 0.25) is 0 Å². The summed E-state index contributed by atoms with van der Waals surface area (Å²) in [4.78, 5) is 60.3. The molecule has 2 aliphatic rings. The van der Waals surface area contributed by atoms with E-state index >= 15 is 0 Å². The van der Waals surface area contributed by atoms with Gasteiger partial charge in [-0.05, 0) is 85.6 Å². The van der Waals surface area contributed by atoms with Gasteiger partial charge in [-0.2, -0.15) is 0 Å². The van der Waals surface area contributed by atoms with Crippen LogP contribution in [-0.4, -0.2) is 80.7 Å². The first-order valence-corrected chi connectivity index (χ1v) is 15.5. The third-order valence-corrected chi connectivity index (χ3v) is 7.44. The SMILES string of the molecule is C=CC(=O)OCCCCOc1ccc(C(=O)Oc2ccc(C(=O)O[C@H]3COC4C3OC[C@@H]4OC(=O)c3ccc(OC(C)=O)cc3)cc2)cc1. The molecule has 2 aliphatic heterocycles. The van der Waals surface area contributed by atoms with Gasteiger partial charge < -0.3 is 37.9 Å². The second-order valence-electron chi connectivity index (χ2n) is 11.0. The Kier molecular flexibility index (Phi) is 11.7. The van der Waals surface area contributed by atoms with Gasteiger partial charge in [-0.25, -0.2) is 19.2 Å². The Morgan fingerprint density at radius 2 is 1.10 bits per heavy atom. The average Bonchev–Trinajstić information content (AvgIpc) is 3.69. The number of ether oxygens (including phenoxy) is 8. The molecule has 4 atom stereocenters. The molecule has 5 rings (SSSR count). The molecule has 0 saturated carbocycles. The van der Waals surface area contributed by atoms with Crippen LogP contribution >= 0.6 is 0 Å². The molecule has 256 valence electrons. The van der Waals surface area contributed by atoms with E-state index in [-0.39, 0.29) is 36.7 Å². The third-order valence-electron chi connectivity index (χ3n) is 7.44. The van der Waals surface area contributed by atoms with Crippen LogP contribution in [0.2, 0.25) is 0 Å². The normalized spacial score (nSPS) is 19.2. The quantitative estimate of drug-likeness (QED) is 0.0785. The second-order valence-corrected chi connectivity index (χ2v) is 11.0. The lowest BCUT2D eigenvalue weighted by Crippen LogP contribution is -2.36. The molecule has 13 heteroatoms. The summed E-state index contributed by atoms with van der Waals surface area (Å²) in [5.74, 6) is -1.65. The summed E-state index contributed by atoms with van der Waals surface area (Å²) in [6, 6.07) is 18.3. The van der Waals surface area contributed by atoms with Crippen molar-refractivity contribution in [1.82, 2.24) is 0 Å². The maximum atomic E-state index is 12.9. The highest BCUT2D eigenvalue weighted by molar-refractivity contribution is 5.92. The first-order chi connectivity index (χ1) is 23.7. The molecule has 0 N–H and O–H groups in total. The number of fused-ring (bicyclic) bond motifs is 1. The molecule has 0 bridgehead atoms. The maximum Gasteiger partial charge on any atom is 0.343 e. The fourth-order valence-electron chi connectivity index (χ4n) is 5.01. The lowest BCUT2D eigenvalue weighted by atomic mass is 10.1. The molecule has 0 radical (unpaired) electrons. The Morgan fingerprint density at radius 3 is 1.59 bits per heavy atom. The molecule has 0 aromatic heterocycles. The van der Waals surface area contributed by atoms with E-state index in [2.05, 4.69) is 6.58 Å². The summed E-state index contributed by atoms with van der Waals surface area (Å²) < 4.78 is 43.7. The predicted molar refractivity (Wildman–Crippen MR) is 169 cm³/mol. The maximum absolute atomic E-state index is 12.9. The van der Waals surface area contributed by atoms with Crippen LogP contribution in [-0.2, 0) is 33.3 Å². The fourth-order valence-corrected chi connectivity index (χ4v) is 5.01. The molecule has 2 saturated heterocycles. The number of hydrogen-bond acceptors (Lipinski definition) is 13. The summed E-state index contributed by atoms with van der Waals surface area (Å²) in [5, 5.41) is 0. The average molecular weight is 675 g/mol. The highest BCUT2D eigenvalue weighted by Gasteiger charge is 2.51. The summed E-state index contributed by atoms with van der Waals surface area (Å²) in [7, 11) is 0. The summed E-state index contributed by atoms with van der Waals surface area (Å²) in [5.41, 5.74) is 0.787. The topological polar surface area (TPSA) is 159 Å². The smallest absolute Gasteiger partial charge is 0.343 e. The summed E-state index contributed by atoms with van der Waals surface area (Å²) in [6.07, 6.45) is -0.248. The number of benzene rings is 3. The molecule has 13 nitrogen and oxygen atoms in total. The van der Waals surface area contributed by atoms with Gasteiger partial charge >= 0.3 is 29.8 Å². The number of carbonyl (C=O) groups is 5. The van der Waals surface area contributed by atoms with Gasteiger partial charge in [0.25, 0.3) is 0 Å². The van der Waals surface area contributed by atoms with Crippen LogP contribution in [0.25, 0.3) is 0 Å². The highest BCUT2D eigenvalue weighted by atomic mass is 16.7. The van der Waals surface area contributed by atoms with Crippen LogP contribution in [0.3, 0.4) is 0 Å². The van der Waals surface area contributed by atoms with Crippen molar-refractivity contribution in [2.45, 2.75) is 44.2 Å². The van der Waals surface area contributed by atoms with Crippen molar-refractivity contribution < 1.29 is 61.9 Å². The van der Waals surface area contributed by atoms with Crippen molar-refractivity contribution in [3.63, 3.8) is 0 Å². The molecule has 2 fully saturated rings. The Bertz CT molecular complexity index is 1650. The van der Waals surface area contributed by atoms with Crippen LogP contribution in [0.5, 0.6) is 17.2 Å². The number of esters is 5. The first kappa shape index (κ1) is 34.8. The number of unbranched alkanes of at least 4 members (excludes halogenated alkanes) is 1. The zero-order valence-corrected chi connectivity index (χ0v) is 26.6. The molecule has 2 heterocycles. The minimum absolute atomic E-state index is 0.0545. The minimum Gasteiger partial charge on any atom is -0.494 e. The second kappa shape index (κ2) is 16.5. The van der Waals surface area contributed by atoms with E-state index < -0.39 is 54.3 Å². The fraction of sp³-hybridized carbons (Fsp3) is 0.306. The lowest BCUT2D eigenvalue weighted by molar-refractivity contribution is -0.138. The van der Waals surface area contributed by atoms with Crippen molar-refractivity contribution in [3.05, 3.63) is 102 Å². The zero-order chi connectivity index (χ0) is 34.8. The molecule has 3 aromatic carbocycles. The van der Waals surface area contributed by atoms with Gasteiger partial charge in [0.05, 0.1) is 43.1 Å².